The van der Waals surface area contributed by atoms with E-state index in [1.807, 2.05) is 0 Å². The molecule has 0 nitrogen and oxygen atoms in total. The van der Waals surface area contributed by atoms with Crippen LogP contribution in [0.2, 0.25) is 0 Å². The van der Waals surface area contributed by atoms with Gasteiger partial charge in [0, 0.05) is 1.37 Å². The minimum absolute atomic E-state index is 0.149. The number of hydrogen-bond donors (Lipinski definition) is 0. The van der Waals surface area contributed by atoms with Crippen molar-refractivity contribution in [3.8, 4) is 0 Å². The monoisotopic (exact) mass is 125 g/mol. The van der Waals surface area contributed by atoms with Crippen molar-refractivity contribution in [2.45, 2.75) is 33.1 Å². The minimum atomic E-state index is -0.149. The maximum Gasteiger partial charge on any atom is 0.0300 e. The van der Waals surface area contributed by atoms with Crippen LogP contribution in [0.5, 0.6) is 0 Å². The van der Waals surface area contributed by atoms with Gasteiger partial charge >= 0.3 is 0 Å². The molecule has 0 aromatic rings. The summed E-state index contributed by atoms with van der Waals surface area (Å²) >= 11 is 0. The molecule has 0 aliphatic heterocycles. The summed E-state index contributed by atoms with van der Waals surface area (Å²) in [7, 11) is 0. The van der Waals surface area contributed by atoms with Gasteiger partial charge in [-0.1, -0.05) is 13.8 Å². The molecule has 0 radical (unpaired) electrons. The molecule has 2 atom stereocenters. The summed E-state index contributed by atoms with van der Waals surface area (Å²) in [5.41, 5.74) is 0. The van der Waals surface area contributed by atoms with Gasteiger partial charge < -0.3 is 0 Å². The zero-order valence-electron chi connectivity index (χ0n) is 7.35. The SMILES string of the molecule is [2H]C(C)(C)C1C2CCC1C2. The van der Waals surface area contributed by atoms with Gasteiger partial charge in [0.1, 0.15) is 0 Å². The molecule has 3 aliphatic carbocycles. The molecule has 3 fully saturated rings. The normalized spacial score (nSPS) is 50.4. The molecule has 3 saturated carbocycles. The first kappa shape index (κ1) is 4.76. The van der Waals surface area contributed by atoms with Crippen LogP contribution in [-0.2, 0) is 0 Å². The second-order valence-corrected chi connectivity index (χ2v) is 3.94. The first-order valence-electron chi connectivity index (χ1n) is 4.59. The molecule has 0 aromatic heterocycles. The second kappa shape index (κ2) is 1.74. The molecule has 52 valence electrons. The van der Waals surface area contributed by atoms with Crippen LogP contribution in [0.15, 0.2) is 0 Å². The number of fused-ring (bicyclic) bond motifs is 1. The summed E-state index contributed by atoms with van der Waals surface area (Å²) in [6.07, 6.45) is 4.27. The van der Waals surface area contributed by atoms with Gasteiger partial charge in [-0.3, -0.25) is 0 Å². The van der Waals surface area contributed by atoms with E-state index in [0.29, 0.717) is 0 Å². The van der Waals surface area contributed by atoms with Gasteiger partial charge in [-0.05, 0) is 42.9 Å². The Hall–Kier alpha value is 0. The van der Waals surface area contributed by atoms with Crippen molar-refractivity contribution in [1.29, 1.82) is 0 Å². The number of hydrogen-bond acceptors (Lipinski definition) is 0. The summed E-state index contributed by atoms with van der Waals surface area (Å²) in [4.78, 5) is 0. The molecule has 0 spiro atoms. The van der Waals surface area contributed by atoms with E-state index in [1.165, 1.54) is 19.3 Å². The molecule has 0 amide bonds. The molecule has 2 unspecified atom stereocenters. The van der Waals surface area contributed by atoms with E-state index in [-0.39, 0.29) is 5.89 Å². The Balaban J connectivity index is 2.09. The quantitative estimate of drug-likeness (QED) is 0.505. The molecule has 0 N–H and O–H groups in total. The lowest BCUT2D eigenvalue weighted by Crippen LogP contribution is -2.31. The maximum absolute atomic E-state index is 7.89. The maximum atomic E-state index is 7.89. The zero-order valence-corrected chi connectivity index (χ0v) is 6.35. The average molecular weight is 125 g/mol. The van der Waals surface area contributed by atoms with Gasteiger partial charge in [0.2, 0.25) is 0 Å². The van der Waals surface area contributed by atoms with Gasteiger partial charge in [-0.15, -0.1) is 0 Å². The van der Waals surface area contributed by atoms with E-state index in [2.05, 4.69) is 13.8 Å². The lowest BCUT2D eigenvalue weighted by molar-refractivity contribution is 0.104. The Labute approximate surface area is 59.1 Å². The Kier molecular flexibility index (Phi) is 0.922. The summed E-state index contributed by atoms with van der Waals surface area (Å²) in [5.74, 6) is 2.45. The first-order chi connectivity index (χ1) is 4.59. The standard InChI is InChI=1S/C9H16/c1-6(2)9-7-3-4-8(9)5-7/h6-9H,3-5H2,1-2H3/i6D. The van der Waals surface area contributed by atoms with Crippen LogP contribution in [0, 0.1) is 23.6 Å². The van der Waals surface area contributed by atoms with Crippen LogP contribution in [0.4, 0.5) is 0 Å². The highest BCUT2D eigenvalue weighted by atomic mass is 14.5. The van der Waals surface area contributed by atoms with E-state index < -0.39 is 0 Å². The fourth-order valence-corrected chi connectivity index (χ4v) is 2.84. The number of rotatable bonds is 1. The molecular weight excluding hydrogens is 108 g/mol. The van der Waals surface area contributed by atoms with Gasteiger partial charge in [0.25, 0.3) is 0 Å². The third-order valence-corrected chi connectivity index (χ3v) is 3.20. The summed E-state index contributed by atoms with van der Waals surface area (Å²) in [5, 5.41) is 0. The summed E-state index contributed by atoms with van der Waals surface area (Å²) < 4.78 is 7.89. The summed E-state index contributed by atoms with van der Waals surface area (Å²) in [6.45, 7) is 4.14. The molecule has 0 aromatic carbocycles. The van der Waals surface area contributed by atoms with E-state index in [0.717, 1.165) is 17.8 Å². The first-order valence-corrected chi connectivity index (χ1v) is 4.09. The van der Waals surface area contributed by atoms with Crippen molar-refractivity contribution in [2.75, 3.05) is 0 Å². The van der Waals surface area contributed by atoms with Gasteiger partial charge in [0.15, 0.2) is 0 Å². The Bertz CT molecular complexity index is 131. The second-order valence-electron chi connectivity index (χ2n) is 3.94. The van der Waals surface area contributed by atoms with Crippen LogP contribution in [-0.4, -0.2) is 0 Å². The molecule has 9 heavy (non-hydrogen) atoms. The highest BCUT2D eigenvalue weighted by molar-refractivity contribution is 4.97. The lowest BCUT2D eigenvalue weighted by atomic mass is 9.67. The van der Waals surface area contributed by atoms with Crippen molar-refractivity contribution in [1.82, 2.24) is 0 Å². The summed E-state index contributed by atoms with van der Waals surface area (Å²) in [6, 6.07) is 0. The topological polar surface area (TPSA) is 0 Å². The molecule has 2 bridgehead atoms. The van der Waals surface area contributed by atoms with Crippen LogP contribution in [0.25, 0.3) is 0 Å². The third-order valence-electron chi connectivity index (χ3n) is 3.20. The Morgan fingerprint density at radius 2 is 1.89 bits per heavy atom. The highest BCUT2D eigenvalue weighted by Gasteiger charge is 2.47. The van der Waals surface area contributed by atoms with E-state index in [9.17, 15) is 0 Å². The lowest BCUT2D eigenvalue weighted by Gasteiger charge is -2.38. The van der Waals surface area contributed by atoms with Gasteiger partial charge in [0.05, 0.1) is 0 Å². The fourth-order valence-electron chi connectivity index (χ4n) is 2.84. The van der Waals surface area contributed by atoms with E-state index in [1.54, 1.807) is 0 Å². The molecule has 3 rings (SSSR count). The van der Waals surface area contributed by atoms with Crippen LogP contribution >= 0.6 is 0 Å². The van der Waals surface area contributed by atoms with Crippen LogP contribution in [0.3, 0.4) is 0 Å². The van der Waals surface area contributed by atoms with Gasteiger partial charge in [-0.25, -0.2) is 0 Å². The van der Waals surface area contributed by atoms with Crippen molar-refractivity contribution in [2.24, 2.45) is 23.6 Å². The van der Waals surface area contributed by atoms with Crippen molar-refractivity contribution < 1.29 is 1.37 Å². The Morgan fingerprint density at radius 3 is 2.11 bits per heavy atom. The fraction of sp³-hybridized carbons (Fsp3) is 1.00. The van der Waals surface area contributed by atoms with Gasteiger partial charge in [-0.2, -0.15) is 0 Å². The average Bonchev–Trinajstić information content (AvgIpc) is 2.08. The third kappa shape index (κ3) is 0.653. The zero-order chi connectivity index (χ0) is 7.35. The highest BCUT2D eigenvalue weighted by Crippen LogP contribution is 2.56. The minimum Gasteiger partial charge on any atom is -0.0625 e. The van der Waals surface area contributed by atoms with Crippen LogP contribution < -0.4 is 0 Å². The van der Waals surface area contributed by atoms with E-state index in [4.69, 9.17) is 1.37 Å². The largest absolute Gasteiger partial charge is 0.0625 e. The molecular formula is C9H16. The molecule has 0 saturated heterocycles. The van der Waals surface area contributed by atoms with Crippen molar-refractivity contribution in [3.63, 3.8) is 0 Å². The smallest absolute Gasteiger partial charge is 0.0300 e. The van der Waals surface area contributed by atoms with Crippen molar-refractivity contribution in [3.05, 3.63) is 0 Å². The molecule has 0 heteroatoms. The predicted octanol–water partition coefficient (Wildman–Crippen LogP) is 2.69. The van der Waals surface area contributed by atoms with Crippen LogP contribution in [0.1, 0.15) is 34.5 Å². The molecule has 3 aliphatic rings. The molecule has 0 heterocycles. The predicted molar refractivity (Wildman–Crippen MR) is 39.2 cm³/mol. The Morgan fingerprint density at radius 1 is 1.33 bits per heavy atom. The van der Waals surface area contributed by atoms with Crippen molar-refractivity contribution >= 4 is 0 Å². The van der Waals surface area contributed by atoms with E-state index >= 15 is 0 Å².